The molecule has 0 aliphatic carbocycles. The Morgan fingerprint density at radius 1 is 0.731 bits per heavy atom. The first-order valence-corrected chi connectivity index (χ1v) is 10.0. The number of anilines is 1. The highest BCUT2D eigenvalue weighted by molar-refractivity contribution is 7.92. The summed E-state index contributed by atoms with van der Waals surface area (Å²) in [5.41, 5.74) is 1.73. The number of rotatable bonds is 3. The van der Waals surface area contributed by atoms with E-state index in [1.54, 1.807) is 12.1 Å². The van der Waals surface area contributed by atoms with Crippen LogP contribution in [0.1, 0.15) is 0 Å². The van der Waals surface area contributed by atoms with Crippen LogP contribution in [0.3, 0.4) is 0 Å². The van der Waals surface area contributed by atoms with E-state index in [1.807, 2.05) is 60.7 Å². The normalized spacial score (nSPS) is 11.7. The maximum absolute atomic E-state index is 11.9. The van der Waals surface area contributed by atoms with Gasteiger partial charge in [-0.15, -0.1) is 0 Å². The molecule has 4 rings (SSSR count). The third kappa shape index (κ3) is 2.86. The summed E-state index contributed by atoms with van der Waals surface area (Å²) in [5, 5.41) is 14.3. The summed E-state index contributed by atoms with van der Waals surface area (Å²) in [4.78, 5) is 0. The Hall–Kier alpha value is -3.05. The van der Waals surface area contributed by atoms with E-state index in [0.29, 0.717) is 16.8 Å². The predicted molar refractivity (Wildman–Crippen MR) is 107 cm³/mol. The van der Waals surface area contributed by atoms with E-state index >= 15 is 0 Å². The van der Waals surface area contributed by atoms with Crippen molar-refractivity contribution in [3.8, 4) is 16.9 Å². The average molecular weight is 363 g/mol. The maximum Gasteiger partial charge on any atom is 0.229 e. The van der Waals surface area contributed by atoms with Gasteiger partial charge in [0.25, 0.3) is 0 Å². The predicted octanol–water partition coefficient (Wildman–Crippen LogP) is 4.74. The molecule has 4 aromatic carbocycles. The second-order valence-electron chi connectivity index (χ2n) is 6.26. The van der Waals surface area contributed by atoms with Crippen LogP contribution in [0.5, 0.6) is 5.75 Å². The van der Waals surface area contributed by atoms with Crippen molar-refractivity contribution >= 4 is 37.3 Å². The molecule has 0 bridgehead atoms. The minimum atomic E-state index is -3.47. The molecule has 4 nitrogen and oxygen atoms in total. The van der Waals surface area contributed by atoms with Crippen molar-refractivity contribution in [1.82, 2.24) is 0 Å². The van der Waals surface area contributed by atoms with Crippen molar-refractivity contribution in [2.24, 2.45) is 0 Å². The lowest BCUT2D eigenvalue weighted by Crippen LogP contribution is -2.10. The Kier molecular flexibility index (Phi) is 3.81. The van der Waals surface area contributed by atoms with Crippen LogP contribution < -0.4 is 4.72 Å². The smallest absolute Gasteiger partial charge is 0.229 e. The fraction of sp³-hybridized carbons (Fsp3) is 0.0476. The molecular formula is C21H17NO3S. The lowest BCUT2D eigenvalue weighted by molar-refractivity contribution is 0.478. The van der Waals surface area contributed by atoms with E-state index in [-0.39, 0.29) is 5.75 Å². The first kappa shape index (κ1) is 16.4. The van der Waals surface area contributed by atoms with Crippen LogP contribution in [-0.2, 0) is 10.0 Å². The fourth-order valence-electron chi connectivity index (χ4n) is 3.35. The van der Waals surface area contributed by atoms with Gasteiger partial charge in [0.05, 0.1) is 11.9 Å². The summed E-state index contributed by atoms with van der Waals surface area (Å²) in [6.45, 7) is 0. The zero-order chi connectivity index (χ0) is 18.3. The summed E-state index contributed by atoms with van der Waals surface area (Å²) >= 11 is 0. The van der Waals surface area contributed by atoms with Gasteiger partial charge in [0, 0.05) is 11.1 Å². The molecule has 2 N–H and O–H groups in total. The molecule has 0 radical (unpaired) electrons. The molecule has 130 valence electrons. The van der Waals surface area contributed by atoms with Crippen LogP contribution >= 0.6 is 0 Å². The molecule has 0 heterocycles. The van der Waals surface area contributed by atoms with Gasteiger partial charge in [0.1, 0.15) is 5.75 Å². The van der Waals surface area contributed by atoms with Crippen LogP contribution in [0.25, 0.3) is 32.7 Å². The van der Waals surface area contributed by atoms with Gasteiger partial charge in [-0.1, -0.05) is 60.7 Å². The monoisotopic (exact) mass is 363 g/mol. The van der Waals surface area contributed by atoms with Gasteiger partial charge >= 0.3 is 0 Å². The molecular weight excluding hydrogens is 346 g/mol. The van der Waals surface area contributed by atoms with E-state index in [0.717, 1.165) is 27.8 Å². The second-order valence-corrected chi connectivity index (χ2v) is 8.01. The number of aromatic hydroxyl groups is 1. The molecule has 5 heteroatoms. The highest BCUT2D eigenvalue weighted by Gasteiger charge is 2.18. The number of nitrogens with one attached hydrogen (secondary N) is 1. The highest BCUT2D eigenvalue weighted by atomic mass is 32.2. The van der Waals surface area contributed by atoms with Gasteiger partial charge in [-0.2, -0.15) is 0 Å². The van der Waals surface area contributed by atoms with Crippen molar-refractivity contribution in [3.63, 3.8) is 0 Å². The summed E-state index contributed by atoms with van der Waals surface area (Å²) in [6, 6.07) is 22.5. The molecule has 0 fully saturated rings. The van der Waals surface area contributed by atoms with Gasteiger partial charge in [0.15, 0.2) is 0 Å². The SMILES string of the molecule is CS(=O)(=O)Nc1ccc2ccccc2c1-c1c(O)ccc2ccccc12. The Bertz CT molecular complexity index is 1250. The lowest BCUT2D eigenvalue weighted by atomic mass is 9.92. The zero-order valence-corrected chi connectivity index (χ0v) is 14.9. The van der Waals surface area contributed by atoms with Crippen molar-refractivity contribution in [2.45, 2.75) is 0 Å². The van der Waals surface area contributed by atoms with E-state index in [1.165, 1.54) is 0 Å². The minimum absolute atomic E-state index is 0.108. The molecule has 0 amide bonds. The average Bonchev–Trinajstić information content (AvgIpc) is 2.61. The van der Waals surface area contributed by atoms with E-state index in [2.05, 4.69) is 4.72 Å². The number of sulfonamides is 1. The topological polar surface area (TPSA) is 66.4 Å². The van der Waals surface area contributed by atoms with E-state index in [9.17, 15) is 13.5 Å². The van der Waals surface area contributed by atoms with Crippen LogP contribution in [-0.4, -0.2) is 19.8 Å². The second kappa shape index (κ2) is 6.04. The van der Waals surface area contributed by atoms with Crippen LogP contribution in [0, 0.1) is 0 Å². The van der Waals surface area contributed by atoms with Gasteiger partial charge < -0.3 is 5.11 Å². The Morgan fingerprint density at radius 3 is 1.88 bits per heavy atom. The zero-order valence-electron chi connectivity index (χ0n) is 14.1. The van der Waals surface area contributed by atoms with Gasteiger partial charge in [0.2, 0.25) is 10.0 Å². The van der Waals surface area contributed by atoms with Crippen LogP contribution in [0.2, 0.25) is 0 Å². The van der Waals surface area contributed by atoms with Gasteiger partial charge in [-0.05, 0) is 33.7 Å². The molecule has 0 unspecified atom stereocenters. The third-order valence-corrected chi connectivity index (χ3v) is 4.97. The summed E-state index contributed by atoms with van der Waals surface area (Å²) in [6.07, 6.45) is 1.12. The first-order chi connectivity index (χ1) is 12.4. The number of phenols is 1. The van der Waals surface area contributed by atoms with Crippen LogP contribution in [0.4, 0.5) is 5.69 Å². The summed E-state index contributed by atoms with van der Waals surface area (Å²) in [5.74, 6) is 0.108. The maximum atomic E-state index is 11.9. The Morgan fingerprint density at radius 2 is 1.27 bits per heavy atom. The van der Waals surface area contributed by atoms with E-state index in [4.69, 9.17) is 0 Å². The van der Waals surface area contributed by atoms with Crippen LogP contribution in [0.15, 0.2) is 72.8 Å². The Labute approximate surface area is 151 Å². The number of phenolic OH excluding ortho intramolecular Hbond substituents is 1. The quantitative estimate of drug-likeness (QED) is 0.553. The molecule has 0 atom stereocenters. The summed E-state index contributed by atoms with van der Waals surface area (Å²) < 4.78 is 26.4. The lowest BCUT2D eigenvalue weighted by Gasteiger charge is -2.17. The van der Waals surface area contributed by atoms with Crippen molar-refractivity contribution in [3.05, 3.63) is 72.8 Å². The van der Waals surface area contributed by atoms with Gasteiger partial charge in [-0.3, -0.25) is 4.72 Å². The molecule has 0 spiro atoms. The Balaban J connectivity index is 2.17. The first-order valence-electron chi connectivity index (χ1n) is 8.15. The largest absolute Gasteiger partial charge is 0.507 e. The van der Waals surface area contributed by atoms with Crippen molar-refractivity contribution in [2.75, 3.05) is 11.0 Å². The van der Waals surface area contributed by atoms with Crippen molar-refractivity contribution < 1.29 is 13.5 Å². The molecule has 26 heavy (non-hydrogen) atoms. The highest BCUT2D eigenvalue weighted by Crippen LogP contribution is 2.44. The number of hydrogen-bond acceptors (Lipinski definition) is 3. The van der Waals surface area contributed by atoms with E-state index < -0.39 is 10.0 Å². The molecule has 4 aromatic rings. The van der Waals surface area contributed by atoms with Gasteiger partial charge in [-0.25, -0.2) is 8.42 Å². The minimum Gasteiger partial charge on any atom is -0.507 e. The molecule has 0 aliphatic rings. The number of fused-ring (bicyclic) bond motifs is 2. The standard InChI is InChI=1S/C21H17NO3S/c1-26(24,25)22-18-12-10-14-6-2-4-8-16(14)20(18)21-17-9-5-3-7-15(17)11-13-19(21)23/h2-13,22-23H,1H3. The number of hydrogen-bond donors (Lipinski definition) is 2. The third-order valence-electron chi connectivity index (χ3n) is 4.38. The molecule has 0 aromatic heterocycles. The summed E-state index contributed by atoms with van der Waals surface area (Å²) in [7, 11) is -3.47. The van der Waals surface area contributed by atoms with Crippen molar-refractivity contribution in [1.29, 1.82) is 0 Å². The number of benzene rings is 4. The molecule has 0 saturated heterocycles. The fourth-order valence-corrected chi connectivity index (χ4v) is 3.92. The molecule has 0 saturated carbocycles. The molecule has 0 aliphatic heterocycles.